The summed E-state index contributed by atoms with van der Waals surface area (Å²) in [5, 5.41) is 17.3. The Morgan fingerprint density at radius 1 is 1.06 bits per heavy atom. The van der Waals surface area contributed by atoms with Crippen molar-refractivity contribution in [1.29, 1.82) is 0 Å². The van der Waals surface area contributed by atoms with Gasteiger partial charge in [0.05, 0.1) is 12.6 Å². The third-order valence-electron chi connectivity index (χ3n) is 5.82. The molecule has 2 aromatic carbocycles. The summed E-state index contributed by atoms with van der Waals surface area (Å²) in [7, 11) is 0. The molecule has 0 radical (unpaired) electrons. The fourth-order valence-electron chi connectivity index (χ4n) is 4.03. The molecule has 170 valence electrons. The Hall–Kier alpha value is -1.64. The van der Waals surface area contributed by atoms with Crippen molar-refractivity contribution in [3.05, 3.63) is 71.8 Å². The second kappa shape index (κ2) is 13.7. The van der Waals surface area contributed by atoms with E-state index < -0.39 is 6.10 Å². The first-order valence-corrected chi connectivity index (χ1v) is 11.2. The smallest absolute Gasteiger partial charge is 0.191 e. The molecule has 5 nitrogen and oxygen atoms in total. The third kappa shape index (κ3) is 8.43. The molecule has 1 fully saturated rings. The van der Waals surface area contributed by atoms with Crippen LogP contribution in [0, 0.1) is 0 Å². The average Bonchev–Trinajstić information content (AvgIpc) is 2.79. The van der Waals surface area contributed by atoms with Crippen molar-refractivity contribution in [2.24, 2.45) is 4.99 Å². The van der Waals surface area contributed by atoms with E-state index in [9.17, 15) is 5.11 Å². The summed E-state index contributed by atoms with van der Waals surface area (Å²) in [5.41, 5.74) is 2.52. The highest BCUT2D eigenvalue weighted by Gasteiger charge is 2.24. The van der Waals surface area contributed by atoms with Crippen LogP contribution in [-0.4, -0.2) is 54.3 Å². The lowest BCUT2D eigenvalue weighted by atomic mass is 10.0. The van der Waals surface area contributed by atoms with Gasteiger partial charge >= 0.3 is 0 Å². The Kier molecular flexibility index (Phi) is 11.3. The fraction of sp³-hybridized carbons (Fsp3) is 0.480. The number of hydrogen-bond donors (Lipinski definition) is 3. The van der Waals surface area contributed by atoms with Gasteiger partial charge in [-0.3, -0.25) is 9.89 Å². The number of rotatable bonds is 8. The number of halogens is 1. The highest BCUT2D eigenvalue weighted by molar-refractivity contribution is 14.0. The number of benzene rings is 2. The molecular weight excluding hydrogens is 499 g/mol. The van der Waals surface area contributed by atoms with Gasteiger partial charge in [-0.1, -0.05) is 60.7 Å². The molecule has 1 aliphatic heterocycles. The van der Waals surface area contributed by atoms with Crippen molar-refractivity contribution in [1.82, 2.24) is 15.5 Å². The SMILES string of the molecule is CCNC(=NCC(O)Cc1ccccc1)NC1CCN(C(C)c2ccccc2)CC1.I. The number of aliphatic imine (C=N–C) groups is 1. The van der Waals surface area contributed by atoms with Crippen LogP contribution in [-0.2, 0) is 6.42 Å². The Balaban J connectivity index is 0.00000341. The summed E-state index contributed by atoms with van der Waals surface area (Å²) >= 11 is 0. The third-order valence-corrected chi connectivity index (χ3v) is 5.82. The average molecular weight is 537 g/mol. The predicted molar refractivity (Wildman–Crippen MR) is 140 cm³/mol. The molecule has 3 N–H and O–H groups in total. The second-order valence-corrected chi connectivity index (χ2v) is 8.10. The first kappa shape index (κ1) is 25.6. The number of aliphatic hydroxyl groups is 1. The fourth-order valence-corrected chi connectivity index (χ4v) is 4.03. The number of likely N-dealkylation sites (tertiary alicyclic amines) is 1. The quantitative estimate of drug-likeness (QED) is 0.272. The summed E-state index contributed by atoms with van der Waals surface area (Å²) in [4.78, 5) is 7.19. The Bertz CT molecular complexity index is 764. The molecule has 0 saturated carbocycles. The molecule has 0 amide bonds. The van der Waals surface area contributed by atoms with Gasteiger partial charge < -0.3 is 15.7 Å². The van der Waals surface area contributed by atoms with Gasteiger partial charge in [-0.25, -0.2) is 0 Å². The Morgan fingerprint density at radius 3 is 2.29 bits per heavy atom. The number of nitrogens with zero attached hydrogens (tertiary/aromatic N) is 2. The molecule has 0 aromatic heterocycles. The monoisotopic (exact) mass is 536 g/mol. The van der Waals surface area contributed by atoms with Crippen molar-refractivity contribution in [3.8, 4) is 0 Å². The van der Waals surface area contributed by atoms with Crippen LogP contribution in [0.4, 0.5) is 0 Å². The van der Waals surface area contributed by atoms with Crippen LogP contribution in [0.3, 0.4) is 0 Å². The molecule has 0 bridgehead atoms. The number of piperidine rings is 1. The molecular formula is C25H37IN4O. The summed E-state index contributed by atoms with van der Waals surface area (Å²) in [6.07, 6.45) is 2.33. The Labute approximate surface area is 204 Å². The molecule has 2 unspecified atom stereocenters. The largest absolute Gasteiger partial charge is 0.391 e. The van der Waals surface area contributed by atoms with E-state index in [4.69, 9.17) is 0 Å². The summed E-state index contributed by atoms with van der Waals surface area (Å²) in [6.45, 7) is 7.72. The zero-order valence-corrected chi connectivity index (χ0v) is 21.0. The van der Waals surface area contributed by atoms with E-state index in [0.717, 1.165) is 44.0 Å². The number of nitrogens with one attached hydrogen (secondary N) is 2. The number of aliphatic hydroxyl groups excluding tert-OH is 1. The van der Waals surface area contributed by atoms with Gasteiger partial charge in [0.25, 0.3) is 0 Å². The first-order chi connectivity index (χ1) is 14.7. The van der Waals surface area contributed by atoms with Gasteiger partial charge in [0.1, 0.15) is 0 Å². The van der Waals surface area contributed by atoms with Crippen LogP contribution in [0.25, 0.3) is 0 Å². The second-order valence-electron chi connectivity index (χ2n) is 8.10. The standard InChI is InChI=1S/C25H36N4O.HI/c1-3-26-25(27-19-24(30)18-21-10-6-4-7-11-21)28-23-14-16-29(17-15-23)20(2)22-12-8-5-9-13-22;/h4-13,20,23-24,30H,3,14-19H2,1-2H3,(H2,26,27,28);1H. The molecule has 3 rings (SSSR count). The lowest BCUT2D eigenvalue weighted by Gasteiger charge is -2.37. The normalized spacial score (nSPS) is 17.5. The van der Waals surface area contributed by atoms with E-state index in [2.05, 4.69) is 64.7 Å². The van der Waals surface area contributed by atoms with Gasteiger partial charge in [0.2, 0.25) is 0 Å². The van der Waals surface area contributed by atoms with Crippen molar-refractivity contribution in [3.63, 3.8) is 0 Å². The van der Waals surface area contributed by atoms with E-state index in [-0.39, 0.29) is 24.0 Å². The van der Waals surface area contributed by atoms with Crippen molar-refractivity contribution in [2.45, 2.75) is 51.3 Å². The predicted octanol–water partition coefficient (Wildman–Crippen LogP) is 3.99. The van der Waals surface area contributed by atoms with Crippen molar-refractivity contribution in [2.75, 3.05) is 26.2 Å². The molecule has 1 aliphatic rings. The van der Waals surface area contributed by atoms with E-state index >= 15 is 0 Å². The van der Waals surface area contributed by atoms with Crippen LogP contribution in [0.1, 0.15) is 43.9 Å². The van der Waals surface area contributed by atoms with E-state index in [1.807, 2.05) is 30.3 Å². The van der Waals surface area contributed by atoms with Crippen LogP contribution in [0.5, 0.6) is 0 Å². The topological polar surface area (TPSA) is 59.9 Å². The summed E-state index contributed by atoms with van der Waals surface area (Å²) in [6, 6.07) is 21.7. The van der Waals surface area contributed by atoms with Gasteiger partial charge in [0, 0.05) is 38.1 Å². The summed E-state index contributed by atoms with van der Waals surface area (Å²) < 4.78 is 0. The van der Waals surface area contributed by atoms with Crippen LogP contribution in [0.15, 0.2) is 65.7 Å². The van der Waals surface area contributed by atoms with Gasteiger partial charge in [-0.05, 0) is 37.8 Å². The van der Waals surface area contributed by atoms with E-state index in [1.165, 1.54) is 5.56 Å². The van der Waals surface area contributed by atoms with Crippen LogP contribution in [0.2, 0.25) is 0 Å². The van der Waals surface area contributed by atoms with E-state index in [1.54, 1.807) is 0 Å². The molecule has 31 heavy (non-hydrogen) atoms. The first-order valence-electron chi connectivity index (χ1n) is 11.2. The minimum absolute atomic E-state index is 0. The zero-order chi connectivity index (χ0) is 21.2. The zero-order valence-electron chi connectivity index (χ0n) is 18.7. The highest BCUT2D eigenvalue weighted by Crippen LogP contribution is 2.23. The molecule has 1 saturated heterocycles. The lowest BCUT2D eigenvalue weighted by molar-refractivity contribution is 0.158. The molecule has 0 aliphatic carbocycles. The molecule has 2 atom stereocenters. The van der Waals surface area contributed by atoms with Crippen LogP contribution < -0.4 is 10.6 Å². The molecule has 0 spiro atoms. The molecule has 2 aromatic rings. The minimum atomic E-state index is -0.476. The van der Waals surface area contributed by atoms with Crippen molar-refractivity contribution >= 4 is 29.9 Å². The molecule has 6 heteroatoms. The highest BCUT2D eigenvalue weighted by atomic mass is 127. The number of guanidine groups is 1. The van der Waals surface area contributed by atoms with Gasteiger partial charge in [0.15, 0.2) is 5.96 Å². The van der Waals surface area contributed by atoms with Gasteiger partial charge in [-0.15, -0.1) is 24.0 Å². The molecule has 1 heterocycles. The number of hydrogen-bond acceptors (Lipinski definition) is 3. The summed E-state index contributed by atoms with van der Waals surface area (Å²) in [5.74, 6) is 0.805. The lowest BCUT2D eigenvalue weighted by Crippen LogP contribution is -2.49. The van der Waals surface area contributed by atoms with Crippen LogP contribution >= 0.6 is 24.0 Å². The maximum absolute atomic E-state index is 10.4. The maximum Gasteiger partial charge on any atom is 0.191 e. The maximum atomic E-state index is 10.4. The van der Waals surface area contributed by atoms with E-state index in [0.29, 0.717) is 25.0 Å². The Morgan fingerprint density at radius 2 is 1.68 bits per heavy atom. The van der Waals surface area contributed by atoms with Gasteiger partial charge in [-0.2, -0.15) is 0 Å². The van der Waals surface area contributed by atoms with Crippen molar-refractivity contribution < 1.29 is 5.11 Å². The minimum Gasteiger partial charge on any atom is -0.391 e.